The number of hydrogen-bond donors (Lipinski definition) is 4. The summed E-state index contributed by atoms with van der Waals surface area (Å²) in [7, 11) is -2.45. The maximum atomic E-state index is 14.7. The average molecular weight is 1130 g/mol. The number of aromatic amines is 1. The Kier molecular flexibility index (Phi) is 19.9. The maximum absolute atomic E-state index is 14.7. The van der Waals surface area contributed by atoms with Crippen molar-refractivity contribution in [3.8, 4) is 5.75 Å². The molecule has 20 nitrogen and oxygen atoms in total. The molecular weight excluding hydrogens is 1050 g/mol. The number of aromatic nitrogens is 3. The second kappa shape index (κ2) is 26.0. The van der Waals surface area contributed by atoms with Gasteiger partial charge in [0.2, 0.25) is 17.7 Å². The lowest BCUT2D eigenvalue weighted by atomic mass is 9.85. The molecule has 0 bridgehead atoms. The Morgan fingerprint density at radius 3 is 2.21 bits per heavy atom. The van der Waals surface area contributed by atoms with E-state index < -0.39 is 73.6 Å². The molecule has 4 N–H and O–H groups in total. The third kappa shape index (κ3) is 15.3. The summed E-state index contributed by atoms with van der Waals surface area (Å²) in [4.78, 5) is 62.8. The molecule has 7 rings (SSSR count). The molecule has 22 heteroatoms. The van der Waals surface area contributed by atoms with Crippen molar-refractivity contribution in [2.45, 2.75) is 140 Å². The van der Waals surface area contributed by atoms with Crippen LogP contribution < -0.4 is 20.7 Å². The summed E-state index contributed by atoms with van der Waals surface area (Å²) in [5.74, 6) is -1.22. The summed E-state index contributed by atoms with van der Waals surface area (Å²) in [5, 5.41) is 17.5. The molecule has 5 atom stereocenters. The summed E-state index contributed by atoms with van der Waals surface area (Å²) in [5.41, 5.74) is 2.29. The lowest BCUT2D eigenvalue weighted by Gasteiger charge is -2.37. The number of carbonyl (C=O) groups excluding carboxylic acids is 4. The van der Waals surface area contributed by atoms with E-state index in [-0.39, 0.29) is 88.4 Å². The van der Waals surface area contributed by atoms with E-state index in [9.17, 15) is 32.0 Å². The lowest BCUT2D eigenvalue weighted by Crippen LogP contribution is -2.60. The van der Waals surface area contributed by atoms with E-state index in [1.54, 1.807) is 72.9 Å². The normalized spacial score (nSPS) is 17.6. The lowest BCUT2D eigenvalue weighted by molar-refractivity contribution is -0.144. The fourth-order valence-corrected chi connectivity index (χ4v) is 10.8. The first-order valence-corrected chi connectivity index (χ1v) is 28.7. The number of nitrogens with one attached hydrogen (secondary N) is 4. The minimum absolute atomic E-state index is 0.0148. The third-order valence-corrected chi connectivity index (χ3v) is 16.6. The largest absolute Gasteiger partial charge is 0.490 e. The van der Waals surface area contributed by atoms with Crippen molar-refractivity contribution in [1.29, 1.82) is 0 Å². The van der Waals surface area contributed by atoms with Gasteiger partial charge in [-0.3, -0.25) is 29.4 Å². The Balaban J connectivity index is 0.878. The van der Waals surface area contributed by atoms with Crippen molar-refractivity contribution in [3.05, 3.63) is 83.8 Å². The van der Waals surface area contributed by atoms with Crippen molar-refractivity contribution in [2.75, 3.05) is 71.8 Å². The van der Waals surface area contributed by atoms with E-state index in [0.717, 1.165) is 24.8 Å². The van der Waals surface area contributed by atoms with Crippen molar-refractivity contribution in [1.82, 2.24) is 35.6 Å². The van der Waals surface area contributed by atoms with Crippen molar-refractivity contribution >= 4 is 67.0 Å². The number of anilines is 2. The standard InChI is InChI=1S/C58H79FN8O12S/c1-36(66(11)55(71)79-57(5,6)7)52(68)63-50(56(2,3)4)54(70)67-35-39(32-47(67)53(69)62-43-18-14-16-37-15-12-13-17-40(37)43)77-29-27-75-25-23-74-24-26-76-28-30-78-48-34-46-41(33-49(48)80(72,73)58(8,9)10)44(21-22-60-46)61-51-42-31-38(59)19-20-45(42)64-65-51/h12-13,15,17,19-22,31,33-34,36,39,43,47,50H,14,16,18,23-30,32,35H2,1-11H3,(H,62,69)(H,63,68)(H2,60,61,64,65)/t36-,39-,43+,47-,50+/m0/s1. The predicted molar refractivity (Wildman–Crippen MR) is 301 cm³/mol. The first kappa shape index (κ1) is 61.2. The predicted octanol–water partition coefficient (Wildman–Crippen LogP) is 7.96. The number of nitrogens with zero attached hydrogens (tertiary/aromatic N) is 4. The molecule has 5 aromatic rings. The fraction of sp³-hybridized carbons (Fsp3) is 0.552. The van der Waals surface area contributed by atoms with Crippen LogP contribution in [0.4, 0.5) is 20.7 Å². The van der Waals surface area contributed by atoms with Crippen LogP contribution in [0.3, 0.4) is 0 Å². The molecule has 1 fully saturated rings. The van der Waals surface area contributed by atoms with Gasteiger partial charge in [-0.05, 0) is 115 Å². The highest BCUT2D eigenvalue weighted by atomic mass is 32.2. The highest BCUT2D eigenvalue weighted by Crippen LogP contribution is 2.39. The Hall–Kier alpha value is -6.46. The van der Waals surface area contributed by atoms with Crippen LogP contribution in [0.5, 0.6) is 5.75 Å². The van der Waals surface area contributed by atoms with Gasteiger partial charge in [-0.25, -0.2) is 17.6 Å². The Morgan fingerprint density at radius 1 is 0.863 bits per heavy atom. The number of likely N-dealkylation sites (tertiary alicyclic amines) is 1. The maximum Gasteiger partial charge on any atom is 0.410 e. The Bertz CT molecular complexity index is 3100. The summed E-state index contributed by atoms with van der Waals surface area (Å²) in [6.45, 7) is 18.8. The number of hydrogen-bond acceptors (Lipinski definition) is 15. The summed E-state index contributed by atoms with van der Waals surface area (Å²) in [6.07, 6.45) is 3.21. The number of fused-ring (bicyclic) bond motifs is 3. The molecule has 3 aromatic carbocycles. The minimum Gasteiger partial charge on any atom is -0.490 e. The van der Waals surface area contributed by atoms with E-state index in [4.69, 9.17) is 28.4 Å². The molecular formula is C58H79FN8O12S. The molecule has 1 aliphatic carbocycles. The van der Waals surface area contributed by atoms with Gasteiger partial charge in [0.15, 0.2) is 15.7 Å². The van der Waals surface area contributed by atoms with E-state index in [1.807, 2.05) is 39.0 Å². The molecule has 3 heterocycles. The minimum atomic E-state index is -3.92. The zero-order chi connectivity index (χ0) is 58.2. The quantitative estimate of drug-likeness (QED) is 0.0454. The summed E-state index contributed by atoms with van der Waals surface area (Å²) in [6, 6.07) is 14.0. The molecule has 80 heavy (non-hydrogen) atoms. The molecule has 0 spiro atoms. The van der Waals surface area contributed by atoms with Crippen LogP contribution in [0.2, 0.25) is 0 Å². The van der Waals surface area contributed by atoms with E-state index in [0.29, 0.717) is 33.3 Å². The highest BCUT2D eigenvalue weighted by molar-refractivity contribution is 7.92. The molecule has 0 radical (unpaired) electrons. The van der Waals surface area contributed by atoms with Gasteiger partial charge in [0.05, 0.1) is 79.9 Å². The third-order valence-electron chi connectivity index (χ3n) is 14.1. The van der Waals surface area contributed by atoms with Gasteiger partial charge in [0, 0.05) is 43.0 Å². The molecule has 2 aliphatic rings. The van der Waals surface area contributed by atoms with Crippen LogP contribution in [0, 0.1) is 11.2 Å². The van der Waals surface area contributed by atoms with Gasteiger partial charge >= 0.3 is 6.09 Å². The summed E-state index contributed by atoms with van der Waals surface area (Å²) >= 11 is 0. The smallest absolute Gasteiger partial charge is 0.410 e. The van der Waals surface area contributed by atoms with E-state index >= 15 is 0 Å². The fourth-order valence-electron chi connectivity index (χ4n) is 9.48. The number of sulfone groups is 1. The number of benzene rings is 3. The molecule has 2 aromatic heterocycles. The second-order valence-electron chi connectivity index (χ2n) is 23.3. The molecule has 1 aliphatic heterocycles. The van der Waals surface area contributed by atoms with Crippen LogP contribution in [-0.2, 0) is 54.3 Å². The topological polar surface area (TPSA) is 242 Å². The molecule has 1 saturated heterocycles. The number of rotatable bonds is 23. The van der Waals surface area contributed by atoms with Crippen molar-refractivity contribution in [3.63, 3.8) is 0 Å². The van der Waals surface area contributed by atoms with Gasteiger partial charge in [0.1, 0.15) is 46.8 Å². The number of carbonyl (C=O) groups is 4. The number of halogens is 1. The first-order chi connectivity index (χ1) is 37.7. The van der Waals surface area contributed by atoms with Crippen LogP contribution in [0.25, 0.3) is 21.8 Å². The first-order valence-electron chi connectivity index (χ1n) is 27.2. The van der Waals surface area contributed by atoms with Crippen molar-refractivity contribution < 1.29 is 60.4 Å². The van der Waals surface area contributed by atoms with E-state index in [2.05, 4.69) is 37.2 Å². The zero-order valence-electron chi connectivity index (χ0n) is 47.9. The average Bonchev–Trinajstić information content (AvgIpc) is 4.06. The van der Waals surface area contributed by atoms with Crippen LogP contribution in [0.1, 0.15) is 106 Å². The highest BCUT2D eigenvalue weighted by Gasteiger charge is 2.46. The second-order valence-corrected chi connectivity index (χ2v) is 26.0. The number of likely N-dealkylation sites (N-methyl/N-ethyl adjacent to an activating group) is 1. The molecule has 436 valence electrons. The Morgan fingerprint density at radius 2 is 1.54 bits per heavy atom. The number of amides is 4. The van der Waals surface area contributed by atoms with Crippen LogP contribution in [-0.4, -0.2) is 158 Å². The number of ether oxygens (including phenoxy) is 6. The zero-order valence-corrected chi connectivity index (χ0v) is 48.7. The summed E-state index contributed by atoms with van der Waals surface area (Å²) < 4.78 is 75.9. The SMILES string of the molecule is C[C@@H](C(=O)N[C@H](C(=O)N1C[C@@H](OCCOCCOCCOCCOc2cc3nccc(Nc4n[nH]c5ccc(F)cc45)c3cc2S(=O)(=O)C(C)(C)C)C[C@H]1C(=O)N[C@@H]1CCCc2ccccc21)C(C)(C)C)N(C)C(=O)OC(C)(C)C. The van der Waals surface area contributed by atoms with Gasteiger partial charge < -0.3 is 49.3 Å². The van der Waals surface area contributed by atoms with Crippen molar-refractivity contribution in [2.24, 2.45) is 5.41 Å². The Labute approximate surface area is 468 Å². The van der Waals surface area contributed by atoms with Gasteiger partial charge in [0.25, 0.3) is 0 Å². The van der Waals surface area contributed by atoms with Gasteiger partial charge in [-0.1, -0.05) is 45.0 Å². The number of H-pyrrole nitrogens is 1. The molecule has 4 amide bonds. The van der Waals surface area contributed by atoms with Crippen LogP contribution >= 0.6 is 0 Å². The van der Waals surface area contributed by atoms with E-state index in [1.165, 1.54) is 40.6 Å². The van der Waals surface area contributed by atoms with Gasteiger partial charge in [-0.2, -0.15) is 5.10 Å². The van der Waals surface area contributed by atoms with Crippen LogP contribution in [0.15, 0.2) is 71.8 Å². The molecule has 0 saturated carbocycles. The number of aryl methyl sites for hydroxylation is 1. The number of pyridine rings is 1. The molecule has 0 unspecified atom stereocenters. The monoisotopic (exact) mass is 1130 g/mol. The van der Waals surface area contributed by atoms with Gasteiger partial charge in [-0.15, -0.1) is 0 Å².